The summed E-state index contributed by atoms with van der Waals surface area (Å²) in [5, 5.41) is 12.6. The van der Waals surface area contributed by atoms with Crippen LogP contribution in [0.5, 0.6) is 11.5 Å². The molecule has 1 aliphatic heterocycles. The predicted octanol–water partition coefficient (Wildman–Crippen LogP) is 3.26. The van der Waals surface area contributed by atoms with E-state index in [1.807, 2.05) is 13.0 Å². The monoisotopic (exact) mass is 383 g/mol. The van der Waals surface area contributed by atoms with Gasteiger partial charge in [0, 0.05) is 11.6 Å². The van der Waals surface area contributed by atoms with Crippen molar-refractivity contribution in [3.63, 3.8) is 0 Å². The highest BCUT2D eigenvalue weighted by Gasteiger charge is 2.31. The van der Waals surface area contributed by atoms with Crippen molar-refractivity contribution in [2.24, 2.45) is 0 Å². The van der Waals surface area contributed by atoms with Crippen molar-refractivity contribution in [3.05, 3.63) is 52.7 Å². The first kappa shape index (κ1) is 20.2. The van der Waals surface area contributed by atoms with E-state index < -0.39 is 0 Å². The largest absolute Gasteiger partial charge is 0.872 e. The molecule has 0 spiro atoms. The Labute approximate surface area is 166 Å². The number of nitrogens with one attached hydrogen (secondary N) is 1. The van der Waals surface area contributed by atoms with Gasteiger partial charge in [0.05, 0.1) is 18.7 Å². The highest BCUT2D eigenvalue weighted by Crippen LogP contribution is 2.38. The first-order valence-electron chi connectivity index (χ1n) is 10.2. The number of fused-ring (bicyclic) bond motifs is 1. The predicted molar refractivity (Wildman–Crippen MR) is 106 cm³/mol. The Morgan fingerprint density at radius 2 is 1.79 bits per heavy atom. The SMILES string of the molecule is CCCC[NH+](CCCC)Cc1c([O-])ccc2c1OC(=Cc1ccc(C)o1)C2=O. The van der Waals surface area contributed by atoms with Crippen molar-refractivity contribution in [2.75, 3.05) is 13.1 Å². The Hall–Kier alpha value is -2.53. The van der Waals surface area contributed by atoms with Gasteiger partial charge in [-0.05, 0) is 38.0 Å². The molecule has 0 radical (unpaired) electrons. The molecule has 2 heterocycles. The minimum atomic E-state index is -0.200. The lowest BCUT2D eigenvalue weighted by atomic mass is 10.0. The number of unbranched alkanes of at least 4 members (excludes halogenated alkanes) is 2. The molecule has 5 heteroatoms. The van der Waals surface area contributed by atoms with Crippen LogP contribution in [0.2, 0.25) is 0 Å². The Bertz CT molecular complexity index is 857. The second-order valence-corrected chi connectivity index (χ2v) is 7.44. The van der Waals surface area contributed by atoms with E-state index in [-0.39, 0.29) is 17.3 Å². The number of hydrogen-bond donors (Lipinski definition) is 1. The number of quaternary nitrogens is 1. The fourth-order valence-electron chi connectivity index (χ4n) is 3.52. The maximum atomic E-state index is 12.8. The van der Waals surface area contributed by atoms with Crippen LogP contribution in [-0.2, 0) is 6.54 Å². The summed E-state index contributed by atoms with van der Waals surface area (Å²) in [6, 6.07) is 6.70. The number of benzene rings is 1. The third-order valence-electron chi connectivity index (χ3n) is 5.13. The zero-order valence-corrected chi connectivity index (χ0v) is 17.0. The second-order valence-electron chi connectivity index (χ2n) is 7.44. The Morgan fingerprint density at radius 1 is 1.07 bits per heavy atom. The van der Waals surface area contributed by atoms with Crippen LogP contribution in [0, 0.1) is 6.92 Å². The molecule has 0 saturated heterocycles. The summed E-state index contributed by atoms with van der Waals surface area (Å²) in [5.74, 6) is 1.71. The number of ketones is 1. The zero-order valence-electron chi connectivity index (χ0n) is 17.0. The van der Waals surface area contributed by atoms with Crippen LogP contribution in [0.1, 0.15) is 67.0 Å². The average molecular weight is 383 g/mol. The molecule has 5 nitrogen and oxygen atoms in total. The molecule has 0 atom stereocenters. The first-order valence-corrected chi connectivity index (χ1v) is 10.2. The van der Waals surface area contributed by atoms with Gasteiger partial charge >= 0.3 is 0 Å². The number of carbonyl (C=O) groups excluding carboxylic acids is 1. The molecule has 1 aromatic heterocycles. The number of rotatable bonds is 9. The van der Waals surface area contributed by atoms with Crippen LogP contribution in [0.4, 0.5) is 0 Å². The van der Waals surface area contributed by atoms with E-state index in [0.717, 1.165) is 44.5 Å². The molecular weight excluding hydrogens is 354 g/mol. The number of furan rings is 1. The third kappa shape index (κ3) is 4.47. The van der Waals surface area contributed by atoms with Gasteiger partial charge in [-0.15, -0.1) is 0 Å². The maximum Gasteiger partial charge on any atom is 0.232 e. The number of hydrogen-bond acceptors (Lipinski definition) is 4. The summed E-state index contributed by atoms with van der Waals surface area (Å²) in [7, 11) is 0. The number of allylic oxidation sites excluding steroid dienone is 1. The van der Waals surface area contributed by atoms with Gasteiger partial charge < -0.3 is 19.2 Å². The number of carbonyl (C=O) groups is 1. The van der Waals surface area contributed by atoms with Gasteiger partial charge in [0.25, 0.3) is 0 Å². The number of ether oxygens (including phenoxy) is 1. The van der Waals surface area contributed by atoms with E-state index >= 15 is 0 Å². The lowest BCUT2D eigenvalue weighted by molar-refractivity contribution is -0.914. The zero-order chi connectivity index (χ0) is 20.1. The number of aryl methyl sites for hydroxylation is 1. The lowest BCUT2D eigenvalue weighted by Crippen LogP contribution is -3.10. The van der Waals surface area contributed by atoms with Crippen molar-refractivity contribution in [3.8, 4) is 11.5 Å². The maximum absolute atomic E-state index is 12.8. The summed E-state index contributed by atoms with van der Waals surface area (Å²) in [6.45, 7) is 8.81. The van der Waals surface area contributed by atoms with Gasteiger partial charge in [-0.2, -0.15) is 0 Å². The van der Waals surface area contributed by atoms with Crippen molar-refractivity contribution in [1.29, 1.82) is 0 Å². The van der Waals surface area contributed by atoms with E-state index in [1.165, 1.54) is 11.0 Å². The van der Waals surface area contributed by atoms with Crippen LogP contribution in [0.3, 0.4) is 0 Å². The van der Waals surface area contributed by atoms with Crippen molar-refractivity contribution in [2.45, 2.75) is 53.0 Å². The van der Waals surface area contributed by atoms with Gasteiger partial charge in [0.15, 0.2) is 5.76 Å². The van der Waals surface area contributed by atoms with Crippen LogP contribution < -0.4 is 14.7 Å². The van der Waals surface area contributed by atoms with Gasteiger partial charge in [-0.1, -0.05) is 38.5 Å². The van der Waals surface area contributed by atoms with Crippen LogP contribution >= 0.6 is 0 Å². The molecule has 0 bridgehead atoms. The minimum absolute atomic E-state index is 0.0628. The van der Waals surface area contributed by atoms with Gasteiger partial charge in [-0.25, -0.2) is 0 Å². The third-order valence-corrected chi connectivity index (χ3v) is 5.13. The Balaban J connectivity index is 1.87. The van der Waals surface area contributed by atoms with Crippen molar-refractivity contribution < 1.29 is 24.0 Å². The summed E-state index contributed by atoms with van der Waals surface area (Å²) < 4.78 is 11.4. The van der Waals surface area contributed by atoms with Crippen LogP contribution in [0.15, 0.2) is 34.4 Å². The normalized spacial score (nSPS) is 14.7. The fourth-order valence-corrected chi connectivity index (χ4v) is 3.52. The van der Waals surface area contributed by atoms with E-state index in [1.54, 1.807) is 18.2 Å². The minimum Gasteiger partial charge on any atom is -0.872 e. The van der Waals surface area contributed by atoms with Crippen molar-refractivity contribution >= 4 is 11.9 Å². The molecule has 2 aromatic rings. The lowest BCUT2D eigenvalue weighted by Gasteiger charge is -2.23. The van der Waals surface area contributed by atoms with E-state index in [0.29, 0.717) is 29.2 Å². The molecule has 0 fully saturated rings. The molecule has 0 aliphatic carbocycles. The summed E-state index contributed by atoms with van der Waals surface area (Å²) in [5.41, 5.74) is 1.07. The molecule has 0 unspecified atom stereocenters. The van der Waals surface area contributed by atoms with E-state index in [9.17, 15) is 9.90 Å². The van der Waals surface area contributed by atoms with Crippen LogP contribution in [-0.4, -0.2) is 18.9 Å². The Kier molecular flexibility index (Phi) is 6.57. The molecule has 1 aliphatic rings. The number of Topliss-reactive ketones (excluding diaryl/α,β-unsaturated/α-hetero) is 1. The molecule has 1 N–H and O–H groups in total. The topological polar surface area (TPSA) is 66.9 Å². The fraction of sp³-hybridized carbons (Fsp3) is 0.435. The van der Waals surface area contributed by atoms with Crippen molar-refractivity contribution in [1.82, 2.24) is 0 Å². The molecule has 150 valence electrons. The second kappa shape index (κ2) is 9.11. The smallest absolute Gasteiger partial charge is 0.232 e. The summed E-state index contributed by atoms with van der Waals surface area (Å²) >= 11 is 0. The van der Waals surface area contributed by atoms with Gasteiger partial charge in [0.2, 0.25) is 5.78 Å². The molecule has 0 amide bonds. The Morgan fingerprint density at radius 3 is 2.39 bits per heavy atom. The molecule has 1 aromatic carbocycles. The molecule has 28 heavy (non-hydrogen) atoms. The highest BCUT2D eigenvalue weighted by molar-refractivity contribution is 6.14. The van der Waals surface area contributed by atoms with Crippen LogP contribution in [0.25, 0.3) is 6.08 Å². The van der Waals surface area contributed by atoms with Gasteiger partial charge in [-0.3, -0.25) is 4.79 Å². The molecule has 3 rings (SSSR count). The summed E-state index contributed by atoms with van der Waals surface area (Å²) in [4.78, 5) is 14.1. The quantitative estimate of drug-likeness (QED) is 0.675. The average Bonchev–Trinajstić information content (AvgIpc) is 3.23. The molecule has 0 saturated carbocycles. The van der Waals surface area contributed by atoms with Gasteiger partial charge in [0.1, 0.15) is 23.8 Å². The standard InChI is InChI=1S/C23H29NO4/c1-4-6-12-24(13-7-5-2)15-19-20(25)11-10-18-22(26)21(28-23(18)19)14-17-9-8-16(3)27-17/h8-11,14,25H,4-7,12-13,15H2,1-3H3. The first-order chi connectivity index (χ1) is 13.5. The van der Waals surface area contributed by atoms with E-state index in [4.69, 9.17) is 9.15 Å². The molecular formula is C23H29NO4. The highest BCUT2D eigenvalue weighted by atomic mass is 16.5. The van der Waals surface area contributed by atoms with E-state index in [2.05, 4.69) is 13.8 Å². The summed E-state index contributed by atoms with van der Waals surface area (Å²) in [6.07, 6.45) is 6.08.